The quantitative estimate of drug-likeness (QED) is 0.856. The highest BCUT2D eigenvalue weighted by Crippen LogP contribution is 2.14. The molecule has 4 heteroatoms. The highest BCUT2D eigenvalue weighted by molar-refractivity contribution is 5.64. The summed E-state index contributed by atoms with van der Waals surface area (Å²) in [4.78, 5) is 11.9. The summed E-state index contributed by atoms with van der Waals surface area (Å²) in [5, 5.41) is 8.71. The van der Waals surface area contributed by atoms with Crippen molar-refractivity contribution in [3.63, 3.8) is 0 Å². The van der Waals surface area contributed by atoms with Crippen molar-refractivity contribution >= 4 is 6.09 Å². The maximum Gasteiger partial charge on any atom is 0.407 e. The van der Waals surface area contributed by atoms with E-state index in [2.05, 4.69) is 0 Å². The number of likely N-dealkylation sites (N-methyl/N-ethyl adjacent to an activating group) is 1. The van der Waals surface area contributed by atoms with E-state index in [4.69, 9.17) is 9.84 Å². The Balaban J connectivity index is 2.48. The summed E-state index contributed by atoms with van der Waals surface area (Å²) in [6.07, 6.45) is -0.0196. The lowest BCUT2D eigenvalue weighted by atomic mass is 10.1. The van der Waals surface area contributed by atoms with E-state index in [1.165, 1.54) is 4.90 Å². The van der Waals surface area contributed by atoms with Crippen LogP contribution in [0.3, 0.4) is 0 Å². The number of nitrogens with zero attached hydrogens (tertiary/aromatic N) is 1. The minimum atomic E-state index is -0.898. The molecule has 0 aliphatic carbocycles. The van der Waals surface area contributed by atoms with E-state index in [0.717, 1.165) is 11.3 Å². The molecule has 0 aliphatic rings. The Hall–Kier alpha value is -1.71. The molecule has 0 radical (unpaired) electrons. The van der Waals surface area contributed by atoms with Gasteiger partial charge in [0.25, 0.3) is 0 Å². The second-order valence-electron chi connectivity index (χ2n) is 4.26. The Morgan fingerprint density at radius 3 is 2.41 bits per heavy atom. The molecule has 0 spiro atoms. The van der Waals surface area contributed by atoms with Crippen molar-refractivity contribution < 1.29 is 14.6 Å². The van der Waals surface area contributed by atoms with Gasteiger partial charge in [0.15, 0.2) is 0 Å². The summed E-state index contributed by atoms with van der Waals surface area (Å²) in [6.45, 7) is 4.46. The molecule has 0 atom stereocenters. The number of rotatable bonds is 5. The molecule has 0 fully saturated rings. The van der Waals surface area contributed by atoms with Crippen molar-refractivity contribution in [3.8, 4) is 5.75 Å². The molecule has 0 heterocycles. The van der Waals surface area contributed by atoms with Gasteiger partial charge < -0.3 is 14.7 Å². The van der Waals surface area contributed by atoms with Gasteiger partial charge in [-0.3, -0.25) is 0 Å². The van der Waals surface area contributed by atoms with E-state index in [1.54, 1.807) is 7.05 Å². The predicted molar refractivity (Wildman–Crippen MR) is 66.6 cm³/mol. The molecule has 94 valence electrons. The lowest BCUT2D eigenvalue weighted by Gasteiger charge is -2.13. The second kappa shape index (κ2) is 6.13. The number of carboxylic acid groups (broad SMARTS) is 1. The molecule has 0 saturated heterocycles. The molecule has 0 saturated carbocycles. The third-order valence-corrected chi connectivity index (χ3v) is 2.36. The maximum atomic E-state index is 10.6. The van der Waals surface area contributed by atoms with E-state index in [-0.39, 0.29) is 6.10 Å². The second-order valence-corrected chi connectivity index (χ2v) is 4.26. The summed E-state index contributed by atoms with van der Waals surface area (Å²) in [5.41, 5.74) is 1.11. The van der Waals surface area contributed by atoms with Gasteiger partial charge in [-0.15, -0.1) is 0 Å². The van der Waals surface area contributed by atoms with Crippen LogP contribution in [0.1, 0.15) is 19.4 Å². The average Bonchev–Trinajstić information content (AvgIpc) is 2.26. The molecule has 1 aromatic rings. The van der Waals surface area contributed by atoms with E-state index < -0.39 is 6.09 Å². The molecule has 0 unspecified atom stereocenters. The molecular weight excluding hydrogens is 218 g/mol. The Morgan fingerprint density at radius 2 is 1.94 bits per heavy atom. The fourth-order valence-electron chi connectivity index (χ4n) is 1.40. The van der Waals surface area contributed by atoms with E-state index in [0.29, 0.717) is 13.0 Å². The molecule has 1 amide bonds. The zero-order valence-electron chi connectivity index (χ0n) is 10.5. The van der Waals surface area contributed by atoms with Crippen molar-refractivity contribution in [2.24, 2.45) is 0 Å². The van der Waals surface area contributed by atoms with Crippen LogP contribution in [0.25, 0.3) is 0 Å². The fraction of sp³-hybridized carbons (Fsp3) is 0.462. The Labute approximate surface area is 102 Å². The van der Waals surface area contributed by atoms with Crippen molar-refractivity contribution in [1.82, 2.24) is 4.90 Å². The van der Waals surface area contributed by atoms with Crippen molar-refractivity contribution in [3.05, 3.63) is 29.8 Å². The van der Waals surface area contributed by atoms with E-state index >= 15 is 0 Å². The SMILES string of the molecule is CC(C)Oc1ccc(CCN(C)C(=O)O)cc1. The van der Waals surface area contributed by atoms with E-state index in [9.17, 15) is 4.79 Å². The van der Waals surface area contributed by atoms with Gasteiger partial charge >= 0.3 is 6.09 Å². The zero-order valence-corrected chi connectivity index (χ0v) is 10.5. The van der Waals surface area contributed by atoms with Crippen LogP contribution < -0.4 is 4.74 Å². The van der Waals surface area contributed by atoms with Crippen LogP contribution in [0.15, 0.2) is 24.3 Å². The first-order chi connectivity index (χ1) is 7.99. The van der Waals surface area contributed by atoms with Gasteiger partial charge in [0, 0.05) is 13.6 Å². The maximum absolute atomic E-state index is 10.6. The number of hydrogen-bond acceptors (Lipinski definition) is 2. The van der Waals surface area contributed by atoms with Crippen molar-refractivity contribution in [2.75, 3.05) is 13.6 Å². The van der Waals surface area contributed by atoms with Crippen LogP contribution in [0.5, 0.6) is 5.75 Å². The topological polar surface area (TPSA) is 49.8 Å². The molecule has 0 bridgehead atoms. The number of benzene rings is 1. The van der Waals surface area contributed by atoms with Gasteiger partial charge in [-0.2, -0.15) is 0 Å². The molecule has 4 nitrogen and oxygen atoms in total. The normalized spacial score (nSPS) is 10.4. The van der Waals surface area contributed by atoms with Crippen LogP contribution in [0.4, 0.5) is 4.79 Å². The highest BCUT2D eigenvalue weighted by atomic mass is 16.5. The van der Waals surface area contributed by atoms with E-state index in [1.807, 2.05) is 38.1 Å². The van der Waals surface area contributed by atoms with Crippen LogP contribution >= 0.6 is 0 Å². The van der Waals surface area contributed by atoms with Gasteiger partial charge in [-0.1, -0.05) is 12.1 Å². The highest BCUT2D eigenvalue weighted by Gasteiger charge is 2.05. The fourth-order valence-corrected chi connectivity index (χ4v) is 1.40. The Kier molecular flexibility index (Phi) is 4.82. The number of carbonyl (C=O) groups is 1. The van der Waals surface area contributed by atoms with Gasteiger partial charge in [0.1, 0.15) is 5.75 Å². The molecule has 17 heavy (non-hydrogen) atoms. The number of ether oxygens (including phenoxy) is 1. The zero-order chi connectivity index (χ0) is 12.8. The minimum Gasteiger partial charge on any atom is -0.491 e. The lowest BCUT2D eigenvalue weighted by Crippen LogP contribution is -2.26. The standard InChI is InChI=1S/C13H19NO3/c1-10(2)17-12-6-4-11(5-7-12)8-9-14(3)13(15)16/h4-7,10H,8-9H2,1-3H3,(H,15,16). The molecular formula is C13H19NO3. The first kappa shape index (κ1) is 13.4. The van der Waals surface area contributed by atoms with Gasteiger partial charge in [0.05, 0.1) is 6.10 Å². The average molecular weight is 237 g/mol. The molecule has 1 aromatic carbocycles. The van der Waals surface area contributed by atoms with Crippen LogP contribution in [0, 0.1) is 0 Å². The van der Waals surface area contributed by atoms with Crippen LogP contribution in [-0.4, -0.2) is 35.8 Å². The summed E-state index contributed by atoms with van der Waals surface area (Å²) in [6, 6.07) is 7.76. The smallest absolute Gasteiger partial charge is 0.407 e. The van der Waals surface area contributed by atoms with Gasteiger partial charge in [-0.05, 0) is 38.0 Å². The molecule has 1 rings (SSSR count). The van der Waals surface area contributed by atoms with Gasteiger partial charge in [-0.25, -0.2) is 4.79 Å². The predicted octanol–water partition coefficient (Wildman–Crippen LogP) is 2.63. The third kappa shape index (κ3) is 4.76. The minimum absolute atomic E-state index is 0.166. The number of hydrogen-bond donors (Lipinski definition) is 1. The third-order valence-electron chi connectivity index (χ3n) is 2.36. The lowest BCUT2D eigenvalue weighted by molar-refractivity contribution is 0.156. The summed E-state index contributed by atoms with van der Waals surface area (Å²) < 4.78 is 5.53. The molecule has 0 aliphatic heterocycles. The monoisotopic (exact) mass is 237 g/mol. The van der Waals surface area contributed by atoms with Crippen molar-refractivity contribution in [1.29, 1.82) is 0 Å². The summed E-state index contributed by atoms with van der Waals surface area (Å²) >= 11 is 0. The molecule has 1 N–H and O–H groups in total. The van der Waals surface area contributed by atoms with Crippen LogP contribution in [0.2, 0.25) is 0 Å². The molecule has 0 aromatic heterocycles. The Bertz CT molecular complexity index is 359. The summed E-state index contributed by atoms with van der Waals surface area (Å²) in [5.74, 6) is 0.843. The van der Waals surface area contributed by atoms with Crippen molar-refractivity contribution in [2.45, 2.75) is 26.4 Å². The van der Waals surface area contributed by atoms with Crippen LogP contribution in [-0.2, 0) is 6.42 Å². The first-order valence-electron chi connectivity index (χ1n) is 5.68. The number of amides is 1. The van der Waals surface area contributed by atoms with Gasteiger partial charge in [0.2, 0.25) is 0 Å². The Morgan fingerprint density at radius 1 is 1.35 bits per heavy atom. The summed E-state index contributed by atoms with van der Waals surface area (Å²) in [7, 11) is 1.57. The largest absolute Gasteiger partial charge is 0.491 e. The first-order valence-corrected chi connectivity index (χ1v) is 5.68.